The fourth-order valence-corrected chi connectivity index (χ4v) is 1.55. The molecule has 0 atom stereocenters. The molecule has 0 aliphatic heterocycles. The van der Waals surface area contributed by atoms with Gasteiger partial charge < -0.3 is 4.65 Å². The van der Waals surface area contributed by atoms with Gasteiger partial charge in [0.05, 0.1) is 5.69 Å². The van der Waals surface area contributed by atoms with Crippen molar-refractivity contribution in [3.05, 3.63) is 59.7 Å². The monoisotopic (exact) mass is 223 g/mol. The second-order valence-electron chi connectivity index (χ2n) is 3.84. The van der Waals surface area contributed by atoms with Crippen LogP contribution in [0.2, 0.25) is 0 Å². The average Bonchev–Trinajstić information content (AvgIpc) is 2.38. The van der Waals surface area contributed by atoms with Crippen molar-refractivity contribution in [2.24, 2.45) is 4.99 Å². The molecule has 84 valence electrons. The second-order valence-corrected chi connectivity index (χ2v) is 3.84. The third-order valence-electron chi connectivity index (χ3n) is 2.53. The Morgan fingerprint density at radius 2 is 1.76 bits per heavy atom. The van der Waals surface area contributed by atoms with Crippen molar-refractivity contribution in [2.75, 3.05) is 0 Å². The molecule has 2 rings (SSSR count). The molecule has 2 nitrogen and oxygen atoms in total. The van der Waals surface area contributed by atoms with E-state index in [1.165, 1.54) is 5.56 Å². The lowest BCUT2D eigenvalue weighted by atomic mass is 10.2. The smallest absolute Gasteiger partial charge is 0.322 e. The number of para-hydroxylation sites is 1. The van der Waals surface area contributed by atoms with Gasteiger partial charge in [0.1, 0.15) is 5.75 Å². The molecule has 0 bridgehead atoms. The highest BCUT2D eigenvalue weighted by atomic mass is 16.4. The van der Waals surface area contributed by atoms with Crippen LogP contribution in [0.15, 0.2) is 53.5 Å². The number of rotatable bonds is 3. The Labute approximate surface area is 102 Å². The topological polar surface area (TPSA) is 21.6 Å². The van der Waals surface area contributed by atoms with Crippen molar-refractivity contribution < 1.29 is 4.65 Å². The Morgan fingerprint density at radius 1 is 1.06 bits per heavy atom. The molecule has 0 fully saturated rings. The molecule has 0 aliphatic carbocycles. The van der Waals surface area contributed by atoms with Crippen LogP contribution in [0, 0.1) is 6.92 Å². The number of aliphatic imine (C=N–C) groups is 1. The molecule has 0 saturated heterocycles. The van der Waals surface area contributed by atoms with Gasteiger partial charge in [0, 0.05) is 11.8 Å². The SMILES string of the molecule is BOc1ccccc1/C=N/c1ccc(C)cc1. The molecule has 0 spiro atoms. The largest absolute Gasteiger partial charge is 0.567 e. The fraction of sp³-hybridized carbons (Fsp3) is 0.0714. The van der Waals surface area contributed by atoms with Gasteiger partial charge in [-0.1, -0.05) is 29.8 Å². The van der Waals surface area contributed by atoms with Gasteiger partial charge in [-0.3, -0.25) is 4.99 Å². The van der Waals surface area contributed by atoms with Crippen LogP contribution >= 0.6 is 0 Å². The minimum Gasteiger partial charge on any atom is -0.567 e. The maximum atomic E-state index is 5.26. The lowest BCUT2D eigenvalue weighted by Gasteiger charge is -2.03. The van der Waals surface area contributed by atoms with Crippen LogP contribution in [-0.2, 0) is 0 Å². The minimum absolute atomic E-state index is 0.836. The fourth-order valence-electron chi connectivity index (χ4n) is 1.55. The lowest BCUT2D eigenvalue weighted by Crippen LogP contribution is -1.91. The minimum atomic E-state index is 0.836. The van der Waals surface area contributed by atoms with E-state index >= 15 is 0 Å². The van der Waals surface area contributed by atoms with Crippen LogP contribution < -0.4 is 4.65 Å². The number of hydrogen-bond acceptors (Lipinski definition) is 2. The summed E-state index contributed by atoms with van der Waals surface area (Å²) in [6.07, 6.45) is 1.82. The molecule has 0 heterocycles. The summed E-state index contributed by atoms with van der Waals surface area (Å²) in [6.45, 7) is 2.06. The summed E-state index contributed by atoms with van der Waals surface area (Å²) < 4.78 is 5.26. The van der Waals surface area contributed by atoms with Crippen molar-refractivity contribution in [2.45, 2.75) is 6.92 Å². The zero-order valence-electron chi connectivity index (χ0n) is 10.1. The van der Waals surface area contributed by atoms with Crippen LogP contribution in [-0.4, -0.2) is 14.3 Å². The van der Waals surface area contributed by atoms with Crippen LogP contribution in [0.3, 0.4) is 0 Å². The van der Waals surface area contributed by atoms with E-state index < -0.39 is 0 Å². The van der Waals surface area contributed by atoms with Crippen molar-refractivity contribution in [3.63, 3.8) is 0 Å². The number of nitrogens with zero attached hydrogens (tertiary/aromatic N) is 1. The van der Waals surface area contributed by atoms with E-state index in [0.717, 1.165) is 17.0 Å². The van der Waals surface area contributed by atoms with Gasteiger partial charge in [0.15, 0.2) is 0 Å². The zero-order chi connectivity index (χ0) is 12.1. The van der Waals surface area contributed by atoms with Crippen molar-refractivity contribution in [3.8, 4) is 5.75 Å². The van der Waals surface area contributed by atoms with Gasteiger partial charge in [0.25, 0.3) is 0 Å². The van der Waals surface area contributed by atoms with E-state index in [1.54, 1.807) is 8.05 Å². The highest BCUT2D eigenvalue weighted by Gasteiger charge is 1.96. The molecule has 0 radical (unpaired) electrons. The predicted molar refractivity (Wildman–Crippen MR) is 74.0 cm³/mol. The highest BCUT2D eigenvalue weighted by Crippen LogP contribution is 2.17. The summed E-state index contributed by atoms with van der Waals surface area (Å²) in [4.78, 5) is 4.42. The molecule has 0 aliphatic rings. The first-order valence-corrected chi connectivity index (χ1v) is 5.53. The molecule has 2 aromatic carbocycles. The van der Waals surface area contributed by atoms with E-state index in [2.05, 4.69) is 24.0 Å². The van der Waals surface area contributed by atoms with E-state index in [1.807, 2.05) is 42.6 Å². The summed E-state index contributed by atoms with van der Waals surface area (Å²) in [5.74, 6) is 0.836. The molecule has 0 aromatic heterocycles. The first-order chi connectivity index (χ1) is 8.29. The molecular weight excluding hydrogens is 209 g/mol. The van der Waals surface area contributed by atoms with E-state index in [4.69, 9.17) is 4.65 Å². The maximum Gasteiger partial charge on any atom is 0.322 e. The first kappa shape index (κ1) is 11.5. The zero-order valence-corrected chi connectivity index (χ0v) is 10.1. The van der Waals surface area contributed by atoms with Crippen LogP contribution in [0.1, 0.15) is 11.1 Å². The van der Waals surface area contributed by atoms with Crippen molar-refractivity contribution in [1.82, 2.24) is 0 Å². The summed E-state index contributed by atoms with van der Waals surface area (Å²) in [6, 6.07) is 15.9. The molecule has 0 unspecified atom stereocenters. The van der Waals surface area contributed by atoms with E-state index in [0.29, 0.717) is 0 Å². The molecule has 0 saturated carbocycles. The third kappa shape index (κ3) is 2.97. The van der Waals surface area contributed by atoms with Crippen molar-refractivity contribution >= 4 is 20.0 Å². The molecule has 17 heavy (non-hydrogen) atoms. The Balaban J connectivity index is 2.22. The van der Waals surface area contributed by atoms with Crippen LogP contribution in [0.25, 0.3) is 0 Å². The highest BCUT2D eigenvalue weighted by molar-refractivity contribution is 6.01. The molecule has 0 amide bonds. The number of aryl methyl sites for hydroxylation is 1. The molecular formula is C14H14BNO. The van der Waals surface area contributed by atoms with E-state index in [-0.39, 0.29) is 0 Å². The van der Waals surface area contributed by atoms with Crippen molar-refractivity contribution in [1.29, 1.82) is 0 Å². The van der Waals surface area contributed by atoms with Gasteiger partial charge in [0.2, 0.25) is 0 Å². The summed E-state index contributed by atoms with van der Waals surface area (Å²) >= 11 is 0. The lowest BCUT2D eigenvalue weighted by molar-refractivity contribution is 0.615. The Morgan fingerprint density at radius 3 is 2.47 bits per heavy atom. The molecule has 3 heteroatoms. The number of benzene rings is 2. The molecule has 0 N–H and O–H groups in total. The number of hydrogen-bond donors (Lipinski definition) is 0. The standard InChI is InChI=1S/C14H14BNO/c1-11-6-8-13(9-7-11)16-10-12-4-2-3-5-14(12)17-15/h2-10H,15H2,1H3/b16-10+. The maximum absolute atomic E-state index is 5.26. The normalized spacial score (nSPS) is 10.6. The Hall–Kier alpha value is -2.03. The van der Waals surface area contributed by atoms with Crippen LogP contribution in [0.5, 0.6) is 5.75 Å². The first-order valence-electron chi connectivity index (χ1n) is 5.53. The Kier molecular flexibility index (Phi) is 3.60. The van der Waals surface area contributed by atoms with Gasteiger partial charge in [-0.15, -0.1) is 0 Å². The van der Waals surface area contributed by atoms with Gasteiger partial charge in [-0.2, -0.15) is 0 Å². The predicted octanol–water partition coefficient (Wildman–Crippen LogP) is 2.67. The average molecular weight is 223 g/mol. The quantitative estimate of drug-likeness (QED) is 0.579. The van der Waals surface area contributed by atoms with Gasteiger partial charge in [-0.25, -0.2) is 0 Å². The summed E-state index contributed by atoms with van der Waals surface area (Å²) in [5, 5.41) is 0. The van der Waals surface area contributed by atoms with Gasteiger partial charge >= 0.3 is 8.05 Å². The Bertz CT molecular complexity index is 520. The van der Waals surface area contributed by atoms with E-state index in [9.17, 15) is 0 Å². The molecule has 2 aromatic rings. The summed E-state index contributed by atoms with van der Waals surface area (Å²) in [7, 11) is 1.67. The van der Waals surface area contributed by atoms with Crippen LogP contribution in [0.4, 0.5) is 5.69 Å². The summed E-state index contributed by atoms with van der Waals surface area (Å²) in [5.41, 5.74) is 3.17. The third-order valence-corrected chi connectivity index (χ3v) is 2.53. The van der Waals surface area contributed by atoms with Gasteiger partial charge in [-0.05, 0) is 31.2 Å². The second kappa shape index (κ2) is 5.35.